The molecule has 1 aliphatic rings. The second-order valence-corrected chi connectivity index (χ2v) is 7.46. The Hall–Kier alpha value is -2.45. The Kier molecular flexibility index (Phi) is 10.9. The molecule has 0 radical (unpaired) electrons. The van der Waals surface area contributed by atoms with Gasteiger partial charge in [-0.25, -0.2) is 0 Å². The van der Waals surface area contributed by atoms with E-state index in [2.05, 4.69) is 5.32 Å². The van der Waals surface area contributed by atoms with Crippen molar-refractivity contribution in [1.82, 2.24) is 10.2 Å². The van der Waals surface area contributed by atoms with Gasteiger partial charge in [-0.2, -0.15) is 0 Å². The number of nitrogens with one attached hydrogen (secondary N) is 1. The summed E-state index contributed by atoms with van der Waals surface area (Å²) in [5, 5.41) is 2.76. The van der Waals surface area contributed by atoms with Crippen LogP contribution in [0.25, 0.3) is 0 Å². The molecule has 8 nitrogen and oxygen atoms in total. The number of amides is 2. The van der Waals surface area contributed by atoms with Crippen LogP contribution in [0.2, 0.25) is 0 Å². The minimum atomic E-state index is -0.724. The molecular weight excluding hydrogens is 386 g/mol. The maximum absolute atomic E-state index is 12.0. The first-order chi connectivity index (χ1) is 14.6. The normalized spacial score (nSPS) is 14.4. The molecule has 8 heteroatoms. The molecule has 0 aliphatic carbocycles. The minimum absolute atomic E-state index is 0.0356. The van der Waals surface area contributed by atoms with Crippen LogP contribution in [0.4, 0.5) is 0 Å². The van der Waals surface area contributed by atoms with Gasteiger partial charge in [0, 0.05) is 26.1 Å². The number of nitrogens with two attached hydrogens (primary N) is 1. The Morgan fingerprint density at radius 3 is 2.53 bits per heavy atom. The van der Waals surface area contributed by atoms with E-state index in [0.29, 0.717) is 26.0 Å². The number of nitrogens with zero attached hydrogens (tertiary/aromatic N) is 1. The van der Waals surface area contributed by atoms with Crippen LogP contribution >= 0.6 is 0 Å². The first-order valence-electron chi connectivity index (χ1n) is 10.6. The van der Waals surface area contributed by atoms with E-state index in [4.69, 9.17) is 15.2 Å². The molecule has 3 N–H and O–H groups in total. The van der Waals surface area contributed by atoms with E-state index in [1.54, 1.807) is 4.90 Å². The standard InChI is InChI=1S/C22H33N3O5/c23-19(22(28)25-13-7-8-14-25)16-29-17-20(26)24-12-6-2-5-11-21(27)30-15-18-9-3-1-4-10-18/h1,3-4,9-10,19H,2,5-8,11-17,23H2,(H,24,26)/t19-/m0/s1. The number of carbonyl (C=O) groups excluding carboxylic acids is 3. The van der Waals surface area contributed by atoms with Gasteiger partial charge in [-0.3, -0.25) is 14.4 Å². The van der Waals surface area contributed by atoms with E-state index < -0.39 is 6.04 Å². The van der Waals surface area contributed by atoms with Gasteiger partial charge < -0.3 is 25.4 Å². The molecule has 30 heavy (non-hydrogen) atoms. The molecular formula is C22H33N3O5. The lowest BCUT2D eigenvalue weighted by atomic mass is 10.2. The average molecular weight is 420 g/mol. The van der Waals surface area contributed by atoms with Crippen molar-refractivity contribution in [3.63, 3.8) is 0 Å². The monoisotopic (exact) mass is 419 g/mol. The highest BCUT2D eigenvalue weighted by molar-refractivity contribution is 5.82. The number of carbonyl (C=O) groups is 3. The fraction of sp³-hybridized carbons (Fsp3) is 0.591. The van der Waals surface area contributed by atoms with Crippen molar-refractivity contribution in [2.75, 3.05) is 32.8 Å². The van der Waals surface area contributed by atoms with E-state index in [1.807, 2.05) is 30.3 Å². The molecule has 2 rings (SSSR count). The quantitative estimate of drug-likeness (QED) is 0.369. The van der Waals surface area contributed by atoms with Gasteiger partial charge in [0.1, 0.15) is 19.3 Å². The predicted molar refractivity (Wildman–Crippen MR) is 112 cm³/mol. The van der Waals surface area contributed by atoms with Crippen molar-refractivity contribution in [2.24, 2.45) is 5.73 Å². The van der Waals surface area contributed by atoms with Crippen LogP contribution in [0, 0.1) is 0 Å². The van der Waals surface area contributed by atoms with Crippen LogP contribution < -0.4 is 11.1 Å². The summed E-state index contributed by atoms with van der Waals surface area (Å²) in [6.07, 6.45) is 4.69. The van der Waals surface area contributed by atoms with Crippen LogP contribution in [0.3, 0.4) is 0 Å². The Morgan fingerprint density at radius 1 is 1.07 bits per heavy atom. The Labute approximate surface area is 178 Å². The highest BCUT2D eigenvalue weighted by Crippen LogP contribution is 2.08. The van der Waals surface area contributed by atoms with Crippen molar-refractivity contribution in [3.8, 4) is 0 Å². The molecule has 2 amide bonds. The first-order valence-corrected chi connectivity index (χ1v) is 10.6. The van der Waals surface area contributed by atoms with Crippen LogP contribution in [-0.4, -0.2) is 61.6 Å². The molecule has 1 fully saturated rings. The van der Waals surface area contributed by atoms with E-state index in [1.165, 1.54) is 0 Å². The largest absolute Gasteiger partial charge is 0.461 e. The molecule has 0 aromatic heterocycles. The fourth-order valence-electron chi connectivity index (χ4n) is 3.18. The maximum atomic E-state index is 12.0. The van der Waals surface area contributed by atoms with Gasteiger partial charge in [-0.05, 0) is 31.2 Å². The number of ether oxygens (including phenoxy) is 2. The molecule has 1 heterocycles. The molecule has 166 valence electrons. The number of benzene rings is 1. The van der Waals surface area contributed by atoms with Gasteiger partial charge in [0.25, 0.3) is 0 Å². The van der Waals surface area contributed by atoms with E-state index >= 15 is 0 Å². The summed E-state index contributed by atoms with van der Waals surface area (Å²) in [4.78, 5) is 37.3. The zero-order valence-corrected chi connectivity index (χ0v) is 17.5. The lowest BCUT2D eigenvalue weighted by Crippen LogP contribution is -2.45. The van der Waals surface area contributed by atoms with Gasteiger partial charge in [0.2, 0.25) is 11.8 Å². The number of esters is 1. The van der Waals surface area contributed by atoms with Crippen LogP contribution in [0.1, 0.15) is 44.1 Å². The Bertz CT molecular complexity index is 662. The lowest BCUT2D eigenvalue weighted by molar-refractivity contribution is -0.145. The number of likely N-dealkylation sites (tertiary alicyclic amines) is 1. The van der Waals surface area contributed by atoms with Gasteiger partial charge in [0.15, 0.2) is 0 Å². The highest BCUT2D eigenvalue weighted by Gasteiger charge is 2.23. The number of unbranched alkanes of at least 4 members (excludes halogenated alkanes) is 2. The van der Waals surface area contributed by atoms with Gasteiger partial charge in [-0.15, -0.1) is 0 Å². The third-order valence-electron chi connectivity index (χ3n) is 4.89. The van der Waals surface area contributed by atoms with Gasteiger partial charge >= 0.3 is 5.97 Å². The lowest BCUT2D eigenvalue weighted by Gasteiger charge is -2.20. The summed E-state index contributed by atoms with van der Waals surface area (Å²) in [5.41, 5.74) is 6.80. The van der Waals surface area contributed by atoms with Crippen LogP contribution in [0.5, 0.6) is 0 Å². The third kappa shape index (κ3) is 9.37. The summed E-state index contributed by atoms with van der Waals surface area (Å²) < 4.78 is 10.5. The molecule has 1 saturated heterocycles. The number of hydrogen-bond acceptors (Lipinski definition) is 6. The summed E-state index contributed by atoms with van der Waals surface area (Å²) in [6.45, 7) is 2.22. The highest BCUT2D eigenvalue weighted by atomic mass is 16.5. The van der Waals surface area contributed by atoms with Crippen molar-refractivity contribution >= 4 is 17.8 Å². The molecule has 0 unspecified atom stereocenters. The molecule has 1 aromatic rings. The van der Waals surface area contributed by atoms with Crippen molar-refractivity contribution in [2.45, 2.75) is 51.2 Å². The van der Waals surface area contributed by atoms with E-state index in [-0.39, 0.29) is 31.0 Å². The molecule has 0 saturated carbocycles. The summed E-state index contributed by atoms with van der Waals surface area (Å²) >= 11 is 0. The average Bonchev–Trinajstić information content (AvgIpc) is 3.29. The minimum Gasteiger partial charge on any atom is -0.461 e. The van der Waals surface area contributed by atoms with E-state index in [9.17, 15) is 14.4 Å². The second-order valence-electron chi connectivity index (χ2n) is 7.46. The summed E-state index contributed by atoms with van der Waals surface area (Å²) in [5.74, 6) is -0.565. The van der Waals surface area contributed by atoms with Gasteiger partial charge in [-0.1, -0.05) is 36.8 Å². The van der Waals surface area contributed by atoms with Crippen LogP contribution in [-0.2, 0) is 30.5 Å². The number of rotatable bonds is 13. The fourth-order valence-corrected chi connectivity index (χ4v) is 3.18. The maximum Gasteiger partial charge on any atom is 0.306 e. The van der Waals surface area contributed by atoms with E-state index in [0.717, 1.165) is 44.3 Å². The third-order valence-corrected chi connectivity index (χ3v) is 4.89. The van der Waals surface area contributed by atoms with Gasteiger partial charge in [0.05, 0.1) is 6.61 Å². The summed E-state index contributed by atoms with van der Waals surface area (Å²) in [7, 11) is 0. The Balaban J connectivity index is 1.42. The topological polar surface area (TPSA) is 111 Å². The zero-order valence-electron chi connectivity index (χ0n) is 17.5. The zero-order chi connectivity index (χ0) is 21.6. The summed E-state index contributed by atoms with van der Waals surface area (Å²) in [6, 6.07) is 8.84. The molecule has 1 atom stereocenters. The first kappa shape index (κ1) is 23.8. The molecule has 1 aromatic carbocycles. The molecule has 0 spiro atoms. The van der Waals surface area contributed by atoms with Crippen molar-refractivity contribution in [1.29, 1.82) is 0 Å². The SMILES string of the molecule is N[C@@H](COCC(=O)NCCCCCC(=O)OCc1ccccc1)C(=O)N1CCCC1. The van der Waals surface area contributed by atoms with Crippen LogP contribution in [0.15, 0.2) is 30.3 Å². The molecule has 0 bridgehead atoms. The van der Waals surface area contributed by atoms with Crippen molar-refractivity contribution in [3.05, 3.63) is 35.9 Å². The molecule has 1 aliphatic heterocycles. The predicted octanol–water partition coefficient (Wildman–Crippen LogP) is 1.37. The number of hydrogen-bond donors (Lipinski definition) is 2. The Morgan fingerprint density at radius 2 is 1.80 bits per heavy atom. The smallest absolute Gasteiger partial charge is 0.306 e. The van der Waals surface area contributed by atoms with Crippen molar-refractivity contribution < 1.29 is 23.9 Å². The second kappa shape index (κ2) is 13.7.